The molecule has 3 heterocycles. The zero-order chi connectivity index (χ0) is 18.3. The van der Waals surface area contributed by atoms with Gasteiger partial charge in [0, 0.05) is 54.4 Å². The van der Waals surface area contributed by atoms with Gasteiger partial charge in [-0.2, -0.15) is 0 Å². The molecule has 0 bridgehead atoms. The minimum absolute atomic E-state index is 0.416. The second-order valence-electron chi connectivity index (χ2n) is 7.35. The van der Waals surface area contributed by atoms with Gasteiger partial charge in [-0.25, -0.2) is 0 Å². The Bertz CT molecular complexity index is 929. The Kier molecular flexibility index (Phi) is 4.53. The van der Waals surface area contributed by atoms with Crippen LogP contribution < -0.4 is 5.73 Å². The van der Waals surface area contributed by atoms with Gasteiger partial charge in [0.05, 0.1) is 18.3 Å². The molecule has 0 fully saturated rings. The number of aryl methyl sites for hydroxylation is 1. The van der Waals surface area contributed by atoms with E-state index in [1.807, 2.05) is 12.1 Å². The second-order valence-corrected chi connectivity index (χ2v) is 7.35. The number of nitrogens with two attached hydrogens (primary N) is 1. The SMILES string of the molecule is Cc1ccc2c(c1)c1c(n2CC(O)c2ccc(CN)nc2)CCN(C)C1. The maximum atomic E-state index is 10.8. The van der Waals surface area contributed by atoms with Crippen LogP contribution in [0.3, 0.4) is 0 Å². The lowest BCUT2D eigenvalue weighted by Gasteiger charge is -2.25. The molecule has 3 aromatic rings. The first kappa shape index (κ1) is 17.2. The van der Waals surface area contributed by atoms with Crippen LogP contribution in [0, 0.1) is 6.92 Å². The van der Waals surface area contributed by atoms with E-state index in [0.717, 1.165) is 30.8 Å². The lowest BCUT2D eigenvalue weighted by atomic mass is 10.0. The van der Waals surface area contributed by atoms with Crippen molar-refractivity contribution in [2.24, 2.45) is 5.73 Å². The average Bonchev–Trinajstić information content (AvgIpc) is 2.94. The standard InChI is InChI=1S/C21H26N4O/c1-14-3-6-19-17(9-14)18-12-24(2)8-7-20(18)25(19)13-21(26)15-4-5-16(10-22)23-11-15/h3-6,9,11,21,26H,7-8,10,12-13,22H2,1-2H3. The predicted octanol–water partition coefficient (Wildman–Crippen LogP) is 2.52. The summed E-state index contributed by atoms with van der Waals surface area (Å²) < 4.78 is 2.30. The first-order valence-electron chi connectivity index (χ1n) is 9.19. The van der Waals surface area contributed by atoms with Crippen LogP contribution in [-0.2, 0) is 26.1 Å². The van der Waals surface area contributed by atoms with E-state index in [9.17, 15) is 5.11 Å². The fraction of sp³-hybridized carbons (Fsp3) is 0.381. The molecule has 136 valence electrons. The summed E-state index contributed by atoms with van der Waals surface area (Å²) in [5.74, 6) is 0. The number of aliphatic hydroxyl groups excluding tert-OH is 1. The van der Waals surface area contributed by atoms with Crippen LogP contribution in [0.4, 0.5) is 0 Å². The minimum Gasteiger partial charge on any atom is -0.386 e. The number of hydrogen-bond donors (Lipinski definition) is 2. The van der Waals surface area contributed by atoms with Gasteiger partial charge >= 0.3 is 0 Å². The van der Waals surface area contributed by atoms with E-state index in [4.69, 9.17) is 5.73 Å². The summed E-state index contributed by atoms with van der Waals surface area (Å²) in [6.07, 6.45) is 2.16. The molecule has 1 aliphatic heterocycles. The number of aliphatic hydroxyl groups is 1. The third-order valence-electron chi connectivity index (χ3n) is 5.40. The molecule has 5 nitrogen and oxygen atoms in total. The molecular weight excluding hydrogens is 324 g/mol. The van der Waals surface area contributed by atoms with E-state index in [0.29, 0.717) is 13.1 Å². The van der Waals surface area contributed by atoms with E-state index in [-0.39, 0.29) is 0 Å². The molecule has 0 aliphatic carbocycles. The fourth-order valence-corrected chi connectivity index (χ4v) is 3.94. The van der Waals surface area contributed by atoms with Crippen molar-refractivity contribution in [3.8, 4) is 0 Å². The molecular formula is C21H26N4O. The molecule has 0 radical (unpaired) electrons. The molecule has 1 atom stereocenters. The zero-order valence-electron chi connectivity index (χ0n) is 15.4. The van der Waals surface area contributed by atoms with Gasteiger partial charge in [0.2, 0.25) is 0 Å². The molecule has 0 saturated heterocycles. The lowest BCUT2D eigenvalue weighted by Crippen LogP contribution is -2.27. The maximum absolute atomic E-state index is 10.8. The van der Waals surface area contributed by atoms with Crippen LogP contribution in [0.2, 0.25) is 0 Å². The fourth-order valence-electron chi connectivity index (χ4n) is 3.94. The average molecular weight is 350 g/mol. The highest BCUT2D eigenvalue weighted by Gasteiger charge is 2.23. The summed E-state index contributed by atoms with van der Waals surface area (Å²) in [5.41, 5.74) is 12.5. The van der Waals surface area contributed by atoms with Crippen LogP contribution in [-0.4, -0.2) is 33.1 Å². The van der Waals surface area contributed by atoms with Crippen molar-refractivity contribution in [3.63, 3.8) is 0 Å². The Balaban J connectivity index is 1.73. The predicted molar refractivity (Wildman–Crippen MR) is 104 cm³/mol. The van der Waals surface area contributed by atoms with E-state index in [2.05, 4.69) is 46.6 Å². The van der Waals surface area contributed by atoms with Crippen molar-refractivity contribution in [1.29, 1.82) is 0 Å². The highest BCUT2D eigenvalue weighted by Crippen LogP contribution is 2.32. The molecule has 1 aliphatic rings. The van der Waals surface area contributed by atoms with Crippen LogP contribution in [0.15, 0.2) is 36.5 Å². The Labute approximate surface area is 154 Å². The highest BCUT2D eigenvalue weighted by atomic mass is 16.3. The van der Waals surface area contributed by atoms with Gasteiger partial charge in [0.1, 0.15) is 0 Å². The molecule has 3 N–H and O–H groups in total. The summed E-state index contributed by atoms with van der Waals surface area (Å²) in [4.78, 5) is 6.68. The van der Waals surface area contributed by atoms with Crippen molar-refractivity contribution in [2.75, 3.05) is 13.6 Å². The molecule has 0 spiro atoms. The largest absolute Gasteiger partial charge is 0.386 e. The van der Waals surface area contributed by atoms with Gasteiger partial charge in [-0.15, -0.1) is 0 Å². The molecule has 4 rings (SSSR count). The van der Waals surface area contributed by atoms with Gasteiger partial charge < -0.3 is 20.3 Å². The molecule has 1 aromatic carbocycles. The highest BCUT2D eigenvalue weighted by molar-refractivity contribution is 5.86. The Morgan fingerprint density at radius 3 is 2.85 bits per heavy atom. The third-order valence-corrected chi connectivity index (χ3v) is 5.40. The van der Waals surface area contributed by atoms with Crippen LogP contribution in [0.5, 0.6) is 0 Å². The van der Waals surface area contributed by atoms with Gasteiger partial charge in [0.25, 0.3) is 0 Å². The zero-order valence-corrected chi connectivity index (χ0v) is 15.4. The van der Waals surface area contributed by atoms with Gasteiger partial charge in [-0.3, -0.25) is 4.98 Å². The first-order valence-corrected chi connectivity index (χ1v) is 9.19. The van der Waals surface area contributed by atoms with Gasteiger partial charge in [-0.05, 0) is 37.7 Å². The van der Waals surface area contributed by atoms with Crippen molar-refractivity contribution in [2.45, 2.75) is 39.1 Å². The number of fused-ring (bicyclic) bond motifs is 3. The summed E-state index contributed by atoms with van der Waals surface area (Å²) in [6, 6.07) is 10.4. The minimum atomic E-state index is -0.588. The number of benzene rings is 1. The number of rotatable bonds is 4. The topological polar surface area (TPSA) is 67.3 Å². The Hall–Kier alpha value is -2.21. The third kappa shape index (κ3) is 3.03. The van der Waals surface area contributed by atoms with Crippen molar-refractivity contribution in [3.05, 3.63) is 64.6 Å². The number of aromatic nitrogens is 2. The quantitative estimate of drug-likeness (QED) is 0.759. The van der Waals surface area contributed by atoms with E-state index in [1.54, 1.807) is 6.20 Å². The van der Waals surface area contributed by atoms with E-state index in [1.165, 1.54) is 27.7 Å². The van der Waals surface area contributed by atoms with Crippen molar-refractivity contribution < 1.29 is 5.11 Å². The smallest absolute Gasteiger partial charge is 0.0983 e. The molecule has 0 amide bonds. The molecule has 2 aromatic heterocycles. The van der Waals surface area contributed by atoms with Crippen molar-refractivity contribution in [1.82, 2.24) is 14.5 Å². The van der Waals surface area contributed by atoms with Gasteiger partial charge in [0.15, 0.2) is 0 Å². The van der Waals surface area contributed by atoms with Crippen LogP contribution in [0.1, 0.15) is 34.2 Å². The summed E-state index contributed by atoms with van der Waals surface area (Å²) >= 11 is 0. The van der Waals surface area contributed by atoms with E-state index >= 15 is 0 Å². The maximum Gasteiger partial charge on any atom is 0.0983 e. The normalized spacial score (nSPS) is 16.0. The Morgan fingerprint density at radius 2 is 2.12 bits per heavy atom. The second kappa shape index (κ2) is 6.83. The van der Waals surface area contributed by atoms with Gasteiger partial charge in [-0.1, -0.05) is 17.7 Å². The number of nitrogens with zero attached hydrogens (tertiary/aromatic N) is 3. The van der Waals surface area contributed by atoms with Crippen LogP contribution >= 0.6 is 0 Å². The number of pyridine rings is 1. The summed E-state index contributed by atoms with van der Waals surface area (Å²) in [7, 11) is 2.17. The van der Waals surface area contributed by atoms with Crippen LogP contribution in [0.25, 0.3) is 10.9 Å². The Morgan fingerprint density at radius 1 is 1.27 bits per heavy atom. The number of likely N-dealkylation sites (N-methyl/N-ethyl adjacent to an activating group) is 1. The molecule has 0 saturated carbocycles. The van der Waals surface area contributed by atoms with Crippen molar-refractivity contribution >= 4 is 10.9 Å². The lowest BCUT2D eigenvalue weighted by molar-refractivity contribution is 0.155. The molecule has 5 heteroatoms. The van der Waals surface area contributed by atoms with E-state index < -0.39 is 6.10 Å². The summed E-state index contributed by atoms with van der Waals surface area (Å²) in [6.45, 7) is 5.10. The monoisotopic (exact) mass is 350 g/mol. The molecule has 26 heavy (non-hydrogen) atoms. The first-order chi connectivity index (χ1) is 12.6. The number of hydrogen-bond acceptors (Lipinski definition) is 4. The summed E-state index contributed by atoms with van der Waals surface area (Å²) in [5, 5.41) is 12.1. The molecule has 1 unspecified atom stereocenters.